The van der Waals surface area contributed by atoms with Crippen molar-refractivity contribution in [3.8, 4) is 0 Å². The maximum atomic E-state index is 10.1. The van der Waals surface area contributed by atoms with E-state index in [1.165, 1.54) is 24.6 Å². The lowest BCUT2D eigenvalue weighted by atomic mass is 10.5. The van der Waals surface area contributed by atoms with Crippen LogP contribution in [-0.2, 0) is 0 Å². The highest BCUT2D eigenvalue weighted by Crippen LogP contribution is 1.65. The van der Waals surface area contributed by atoms with Crippen LogP contribution >= 0.6 is 0 Å². The molecule has 0 saturated carbocycles. The topological polar surface area (TPSA) is 135 Å². The molecule has 0 spiro atoms. The molecule has 0 aliphatic carbocycles. The molecule has 0 aliphatic rings. The molecule has 0 aromatic carbocycles. The summed E-state index contributed by atoms with van der Waals surface area (Å²) in [6, 6.07) is -1.50. The molecule has 0 radical (unpaired) electrons. The summed E-state index contributed by atoms with van der Waals surface area (Å²) in [6.45, 7) is 0. The van der Waals surface area contributed by atoms with Gasteiger partial charge >= 0.3 is 12.1 Å². The maximum absolute atomic E-state index is 10.1. The number of hydrogen-bond acceptors (Lipinski definition) is 4. The molecule has 0 rings (SSSR count). The average molecular weight is 198 g/mol. The predicted octanol–water partition coefficient (Wildman–Crippen LogP) is -1.15. The third-order valence-electron chi connectivity index (χ3n) is 0.782. The van der Waals surface area contributed by atoms with Gasteiger partial charge in [0.1, 0.15) is 0 Å². The summed E-state index contributed by atoms with van der Waals surface area (Å²) < 4.78 is 0. The van der Waals surface area contributed by atoms with Gasteiger partial charge in [-0.1, -0.05) is 0 Å². The molecule has 4 amide bonds. The fraction of sp³-hybridized carbons (Fsp3) is 0. The number of allylic oxidation sites excluding steroid dienone is 2. The first-order chi connectivity index (χ1) is 6.63. The normalized spacial score (nSPS) is 11.1. The Labute approximate surface area is 79.7 Å². The number of hydrazone groups is 2. The molecule has 0 fully saturated rings. The van der Waals surface area contributed by atoms with Crippen LogP contribution < -0.4 is 22.3 Å². The van der Waals surface area contributed by atoms with Crippen LogP contribution in [-0.4, -0.2) is 24.5 Å². The zero-order chi connectivity index (χ0) is 10.8. The maximum Gasteiger partial charge on any atom is 0.332 e. The van der Waals surface area contributed by atoms with Gasteiger partial charge in [0.25, 0.3) is 0 Å². The first kappa shape index (κ1) is 11.6. The molecular formula is C6H10N6O2. The van der Waals surface area contributed by atoms with Crippen LogP contribution in [0.3, 0.4) is 0 Å². The summed E-state index contributed by atoms with van der Waals surface area (Å²) in [4.78, 5) is 20.2. The summed E-state index contributed by atoms with van der Waals surface area (Å²) >= 11 is 0. The van der Waals surface area contributed by atoms with Crippen LogP contribution in [0.4, 0.5) is 9.59 Å². The molecule has 0 saturated heterocycles. The largest absolute Gasteiger partial charge is 0.350 e. The second-order valence-electron chi connectivity index (χ2n) is 1.89. The highest BCUT2D eigenvalue weighted by molar-refractivity contribution is 5.83. The Kier molecular flexibility index (Phi) is 6.04. The van der Waals surface area contributed by atoms with E-state index in [0.717, 1.165) is 0 Å². The molecule has 0 atom stereocenters. The van der Waals surface area contributed by atoms with Crippen molar-refractivity contribution in [3.05, 3.63) is 12.2 Å². The molecule has 6 N–H and O–H groups in total. The Hall–Kier alpha value is -2.38. The summed E-state index contributed by atoms with van der Waals surface area (Å²) in [5.41, 5.74) is 13.4. The number of urea groups is 2. The molecule has 0 aliphatic heterocycles. The summed E-state index contributed by atoms with van der Waals surface area (Å²) in [7, 11) is 0. The fourth-order valence-electron chi connectivity index (χ4n) is 0.387. The molecular weight excluding hydrogens is 188 g/mol. The number of carbonyl (C=O) groups excluding carboxylic acids is 2. The lowest BCUT2D eigenvalue weighted by molar-refractivity contribution is 0.248. The van der Waals surface area contributed by atoms with Crippen LogP contribution in [0.1, 0.15) is 0 Å². The van der Waals surface area contributed by atoms with Gasteiger partial charge in [0.05, 0.1) is 0 Å². The smallest absolute Gasteiger partial charge is 0.332 e. The van der Waals surface area contributed by atoms with Gasteiger partial charge in [-0.25, -0.2) is 20.4 Å². The van der Waals surface area contributed by atoms with Crippen molar-refractivity contribution in [2.45, 2.75) is 0 Å². The van der Waals surface area contributed by atoms with Gasteiger partial charge in [-0.3, -0.25) is 0 Å². The van der Waals surface area contributed by atoms with Crippen molar-refractivity contribution < 1.29 is 9.59 Å². The van der Waals surface area contributed by atoms with Gasteiger partial charge < -0.3 is 11.5 Å². The van der Waals surface area contributed by atoms with Gasteiger partial charge in [0.2, 0.25) is 0 Å². The second-order valence-corrected chi connectivity index (χ2v) is 1.89. The summed E-state index contributed by atoms with van der Waals surface area (Å²) in [5.74, 6) is 0. The molecule has 76 valence electrons. The van der Waals surface area contributed by atoms with Crippen LogP contribution in [0, 0.1) is 0 Å². The zero-order valence-corrected chi connectivity index (χ0v) is 7.18. The van der Waals surface area contributed by atoms with Crippen molar-refractivity contribution >= 4 is 24.5 Å². The third-order valence-corrected chi connectivity index (χ3v) is 0.782. The second kappa shape index (κ2) is 7.28. The third kappa shape index (κ3) is 9.62. The molecule has 0 aromatic heterocycles. The van der Waals surface area contributed by atoms with Gasteiger partial charge in [-0.2, -0.15) is 10.2 Å². The molecule has 0 heterocycles. The van der Waals surface area contributed by atoms with Crippen molar-refractivity contribution in [1.82, 2.24) is 10.9 Å². The molecule has 8 heteroatoms. The van der Waals surface area contributed by atoms with E-state index in [0.29, 0.717) is 0 Å². The molecule has 0 aromatic rings. The lowest BCUT2D eigenvalue weighted by Crippen LogP contribution is -2.24. The Bertz CT molecular complexity index is 254. The minimum atomic E-state index is -0.751. The van der Waals surface area contributed by atoms with E-state index < -0.39 is 12.1 Å². The molecule has 14 heavy (non-hydrogen) atoms. The number of nitrogens with one attached hydrogen (secondary N) is 2. The van der Waals surface area contributed by atoms with Crippen molar-refractivity contribution in [2.75, 3.05) is 0 Å². The Morgan fingerprint density at radius 1 is 0.929 bits per heavy atom. The number of amides is 4. The monoisotopic (exact) mass is 198 g/mol. The van der Waals surface area contributed by atoms with Gasteiger partial charge in [0, 0.05) is 12.4 Å². The zero-order valence-electron chi connectivity index (χ0n) is 7.18. The number of primary amides is 2. The Morgan fingerprint density at radius 3 is 1.57 bits per heavy atom. The van der Waals surface area contributed by atoms with E-state index in [-0.39, 0.29) is 0 Å². The fourth-order valence-corrected chi connectivity index (χ4v) is 0.387. The minimum Gasteiger partial charge on any atom is -0.350 e. The van der Waals surface area contributed by atoms with E-state index in [9.17, 15) is 9.59 Å². The van der Waals surface area contributed by atoms with Gasteiger partial charge in [0.15, 0.2) is 0 Å². The highest BCUT2D eigenvalue weighted by atomic mass is 16.2. The standard InChI is InChI=1S/C6H10N6O2/c7-5(13)11-9-3-1-2-4-10-12-6(8)14/h1-4H,(H3,7,11,13)(H3,8,12,14)/b2-1+,9-3+,10-4+. The number of nitrogens with two attached hydrogens (primary N) is 2. The lowest BCUT2D eigenvalue weighted by Gasteiger charge is -1.87. The van der Waals surface area contributed by atoms with E-state index in [2.05, 4.69) is 10.2 Å². The highest BCUT2D eigenvalue weighted by Gasteiger charge is 1.81. The Balaban J connectivity index is 3.63. The first-order valence-electron chi connectivity index (χ1n) is 3.45. The summed E-state index contributed by atoms with van der Waals surface area (Å²) in [6.07, 6.45) is 5.48. The quantitative estimate of drug-likeness (QED) is 0.335. The van der Waals surface area contributed by atoms with Crippen LogP contribution in [0.25, 0.3) is 0 Å². The van der Waals surface area contributed by atoms with Gasteiger partial charge in [-0.05, 0) is 12.2 Å². The van der Waals surface area contributed by atoms with E-state index in [1.54, 1.807) is 0 Å². The summed E-state index contributed by atoms with van der Waals surface area (Å²) in [5, 5.41) is 6.79. The van der Waals surface area contributed by atoms with Crippen LogP contribution in [0.15, 0.2) is 22.4 Å². The predicted molar refractivity (Wildman–Crippen MR) is 51.6 cm³/mol. The average Bonchev–Trinajstić information content (AvgIpc) is 2.08. The van der Waals surface area contributed by atoms with Crippen molar-refractivity contribution in [2.24, 2.45) is 21.7 Å². The Morgan fingerprint density at radius 2 is 1.29 bits per heavy atom. The van der Waals surface area contributed by atoms with E-state index in [1.807, 2.05) is 10.9 Å². The van der Waals surface area contributed by atoms with Crippen LogP contribution in [0.2, 0.25) is 0 Å². The number of carbonyl (C=O) groups is 2. The SMILES string of the molecule is NC(=O)N/N=C/C=C/C=N/NC(N)=O. The number of nitrogens with zero attached hydrogens (tertiary/aromatic N) is 2. The number of hydrogen-bond donors (Lipinski definition) is 4. The van der Waals surface area contributed by atoms with Gasteiger partial charge in [-0.15, -0.1) is 0 Å². The van der Waals surface area contributed by atoms with E-state index >= 15 is 0 Å². The van der Waals surface area contributed by atoms with Crippen molar-refractivity contribution in [3.63, 3.8) is 0 Å². The minimum absolute atomic E-state index is 0.751. The number of rotatable bonds is 4. The molecule has 0 unspecified atom stereocenters. The first-order valence-corrected chi connectivity index (χ1v) is 3.45. The molecule has 0 bridgehead atoms. The van der Waals surface area contributed by atoms with Crippen molar-refractivity contribution in [1.29, 1.82) is 0 Å². The molecule has 8 nitrogen and oxygen atoms in total. The van der Waals surface area contributed by atoms with E-state index in [4.69, 9.17) is 11.5 Å². The van der Waals surface area contributed by atoms with Crippen LogP contribution in [0.5, 0.6) is 0 Å².